The molecule has 3 rings (SSSR count). The summed E-state index contributed by atoms with van der Waals surface area (Å²) in [6.07, 6.45) is 0.720. The predicted octanol–water partition coefficient (Wildman–Crippen LogP) is 2.34. The van der Waals surface area contributed by atoms with Gasteiger partial charge in [0.15, 0.2) is 0 Å². The smallest absolute Gasteiger partial charge is 0.229 e. The number of amides is 1. The number of aliphatic hydroxyl groups excluding tert-OH is 1. The lowest BCUT2D eigenvalue weighted by atomic mass is 10.1. The molecular weight excluding hydrogens is 304 g/mol. The van der Waals surface area contributed by atoms with Crippen LogP contribution in [0.1, 0.15) is 34.8 Å². The topological polar surface area (TPSA) is 75.4 Å². The summed E-state index contributed by atoms with van der Waals surface area (Å²) in [7, 11) is 0. The number of hydrogen-bond acceptors (Lipinski definition) is 4. The lowest BCUT2D eigenvalue weighted by Crippen LogP contribution is -2.34. The van der Waals surface area contributed by atoms with Gasteiger partial charge in [-0.1, -0.05) is 29.4 Å². The maximum Gasteiger partial charge on any atom is 0.229 e. The third kappa shape index (κ3) is 2.87. The van der Waals surface area contributed by atoms with Gasteiger partial charge in [-0.3, -0.25) is 4.79 Å². The molecule has 1 aromatic carbocycles. The van der Waals surface area contributed by atoms with Crippen LogP contribution < -0.4 is 5.32 Å². The summed E-state index contributed by atoms with van der Waals surface area (Å²) < 4.78 is 4.87. The highest BCUT2D eigenvalue weighted by molar-refractivity contribution is 6.29. The summed E-state index contributed by atoms with van der Waals surface area (Å²) in [5, 5.41) is 17.0. The van der Waals surface area contributed by atoms with E-state index < -0.39 is 6.10 Å². The SMILES string of the molecule is Cc1noc(Cl)c1CCC(=O)N[C@@H]1c2ccccc2C[C@@H]1O. The Kier molecular flexibility index (Phi) is 4.18. The van der Waals surface area contributed by atoms with E-state index in [9.17, 15) is 9.90 Å². The van der Waals surface area contributed by atoms with Gasteiger partial charge in [-0.05, 0) is 36.1 Å². The third-order valence-electron chi connectivity index (χ3n) is 4.06. The van der Waals surface area contributed by atoms with Crippen molar-refractivity contribution in [3.05, 3.63) is 51.9 Å². The summed E-state index contributed by atoms with van der Waals surface area (Å²) in [5.74, 6) is -0.127. The summed E-state index contributed by atoms with van der Waals surface area (Å²) in [4.78, 5) is 12.2. The van der Waals surface area contributed by atoms with E-state index in [0.717, 1.165) is 16.7 Å². The van der Waals surface area contributed by atoms with Crippen molar-refractivity contribution in [3.8, 4) is 0 Å². The van der Waals surface area contributed by atoms with Crippen molar-refractivity contribution in [1.29, 1.82) is 0 Å². The standard InChI is InChI=1S/C16H17ClN2O3/c1-9-11(16(17)22-19-9)6-7-14(21)18-15-12-5-3-2-4-10(12)8-13(15)20/h2-5,13,15,20H,6-8H2,1H3,(H,18,21)/t13-,15+/m0/s1. The van der Waals surface area contributed by atoms with E-state index in [1.54, 1.807) is 6.92 Å². The molecule has 1 aliphatic rings. The molecule has 5 nitrogen and oxygen atoms in total. The van der Waals surface area contributed by atoms with Gasteiger partial charge in [0.05, 0.1) is 17.8 Å². The molecule has 116 valence electrons. The molecule has 2 N–H and O–H groups in total. The molecule has 1 aromatic heterocycles. The predicted molar refractivity (Wildman–Crippen MR) is 81.6 cm³/mol. The van der Waals surface area contributed by atoms with E-state index in [1.807, 2.05) is 24.3 Å². The molecule has 0 radical (unpaired) electrons. The molecule has 0 bridgehead atoms. The number of hydrogen-bond donors (Lipinski definition) is 2. The molecule has 2 atom stereocenters. The fraction of sp³-hybridized carbons (Fsp3) is 0.375. The highest BCUT2D eigenvalue weighted by Gasteiger charge is 2.31. The lowest BCUT2D eigenvalue weighted by Gasteiger charge is -2.17. The molecule has 1 amide bonds. The Bertz CT molecular complexity index is 679. The van der Waals surface area contributed by atoms with Crippen LogP contribution in [0, 0.1) is 6.92 Å². The number of aryl methyl sites for hydroxylation is 1. The second-order valence-corrected chi connectivity index (χ2v) is 5.88. The van der Waals surface area contributed by atoms with Gasteiger partial charge in [-0.25, -0.2) is 0 Å². The monoisotopic (exact) mass is 320 g/mol. The minimum Gasteiger partial charge on any atom is -0.390 e. The normalized spacial score (nSPS) is 20.0. The van der Waals surface area contributed by atoms with Gasteiger partial charge >= 0.3 is 0 Å². The van der Waals surface area contributed by atoms with Crippen LogP contribution in [0.4, 0.5) is 0 Å². The second-order valence-electron chi connectivity index (χ2n) is 5.54. The molecule has 1 heterocycles. The first-order valence-corrected chi connectivity index (χ1v) is 7.60. The molecule has 0 saturated heterocycles. The Morgan fingerprint density at radius 2 is 2.27 bits per heavy atom. The van der Waals surface area contributed by atoms with Crippen LogP contribution in [0.25, 0.3) is 0 Å². The maximum atomic E-state index is 12.2. The van der Waals surface area contributed by atoms with Crippen molar-refractivity contribution in [2.75, 3.05) is 0 Å². The van der Waals surface area contributed by atoms with Crippen LogP contribution in [0.3, 0.4) is 0 Å². The Balaban J connectivity index is 1.63. The van der Waals surface area contributed by atoms with Crippen LogP contribution in [-0.2, 0) is 17.6 Å². The number of rotatable bonds is 4. The van der Waals surface area contributed by atoms with Crippen molar-refractivity contribution >= 4 is 17.5 Å². The number of nitrogens with one attached hydrogen (secondary N) is 1. The summed E-state index contributed by atoms with van der Waals surface area (Å²) in [5.41, 5.74) is 3.52. The fourth-order valence-electron chi connectivity index (χ4n) is 2.87. The molecule has 0 saturated carbocycles. The van der Waals surface area contributed by atoms with Gasteiger partial charge in [0.25, 0.3) is 0 Å². The number of halogens is 1. The number of nitrogens with zero attached hydrogens (tertiary/aromatic N) is 1. The van der Waals surface area contributed by atoms with Crippen molar-refractivity contribution in [2.24, 2.45) is 0 Å². The fourth-order valence-corrected chi connectivity index (χ4v) is 3.14. The number of aromatic nitrogens is 1. The van der Waals surface area contributed by atoms with Crippen LogP contribution in [0.15, 0.2) is 28.8 Å². The zero-order valence-corrected chi connectivity index (χ0v) is 12.9. The molecular formula is C16H17ClN2O3. The molecule has 0 fully saturated rings. The van der Waals surface area contributed by atoms with Crippen molar-refractivity contribution in [3.63, 3.8) is 0 Å². The van der Waals surface area contributed by atoms with E-state index in [0.29, 0.717) is 18.5 Å². The van der Waals surface area contributed by atoms with Crippen LogP contribution >= 0.6 is 11.6 Å². The Labute approximate surface area is 133 Å². The first kappa shape index (κ1) is 15.1. The van der Waals surface area contributed by atoms with Gasteiger partial charge in [-0.2, -0.15) is 0 Å². The van der Waals surface area contributed by atoms with E-state index in [4.69, 9.17) is 16.1 Å². The number of carbonyl (C=O) groups excluding carboxylic acids is 1. The highest BCUT2D eigenvalue weighted by atomic mass is 35.5. The maximum absolute atomic E-state index is 12.2. The van der Waals surface area contributed by atoms with Crippen LogP contribution in [0.2, 0.25) is 5.22 Å². The highest BCUT2D eigenvalue weighted by Crippen LogP contribution is 2.31. The van der Waals surface area contributed by atoms with Crippen molar-refractivity contribution in [1.82, 2.24) is 10.5 Å². The third-order valence-corrected chi connectivity index (χ3v) is 4.36. The minimum atomic E-state index is -0.581. The zero-order chi connectivity index (χ0) is 15.7. The van der Waals surface area contributed by atoms with Gasteiger partial charge in [0.2, 0.25) is 11.1 Å². The lowest BCUT2D eigenvalue weighted by molar-refractivity contribution is -0.122. The minimum absolute atomic E-state index is 0.127. The number of fused-ring (bicyclic) bond motifs is 1. The first-order chi connectivity index (χ1) is 10.6. The summed E-state index contributed by atoms with van der Waals surface area (Å²) in [6.45, 7) is 1.79. The van der Waals surface area contributed by atoms with Gasteiger partial charge in [-0.15, -0.1) is 0 Å². The van der Waals surface area contributed by atoms with Gasteiger partial charge in [0, 0.05) is 18.4 Å². The molecule has 0 unspecified atom stereocenters. The average molecular weight is 321 g/mol. The number of benzene rings is 1. The molecule has 1 aliphatic carbocycles. The molecule has 6 heteroatoms. The average Bonchev–Trinajstić information content (AvgIpc) is 2.98. The van der Waals surface area contributed by atoms with E-state index >= 15 is 0 Å². The zero-order valence-electron chi connectivity index (χ0n) is 12.2. The molecule has 0 aliphatic heterocycles. The quantitative estimate of drug-likeness (QED) is 0.906. The Hall–Kier alpha value is -1.85. The van der Waals surface area contributed by atoms with Crippen molar-refractivity contribution < 1.29 is 14.4 Å². The van der Waals surface area contributed by atoms with Crippen LogP contribution in [0.5, 0.6) is 0 Å². The number of aliphatic hydroxyl groups is 1. The molecule has 0 spiro atoms. The Morgan fingerprint density at radius 3 is 3.00 bits per heavy atom. The van der Waals surface area contributed by atoms with Gasteiger partial charge < -0.3 is 14.9 Å². The first-order valence-electron chi connectivity index (χ1n) is 7.22. The largest absolute Gasteiger partial charge is 0.390 e. The van der Waals surface area contributed by atoms with E-state index in [-0.39, 0.29) is 23.6 Å². The number of carbonyl (C=O) groups is 1. The van der Waals surface area contributed by atoms with Gasteiger partial charge in [0.1, 0.15) is 0 Å². The summed E-state index contributed by atoms with van der Waals surface area (Å²) in [6, 6.07) is 7.42. The van der Waals surface area contributed by atoms with E-state index in [1.165, 1.54) is 0 Å². The molecule has 2 aromatic rings. The van der Waals surface area contributed by atoms with E-state index in [2.05, 4.69) is 10.5 Å². The summed E-state index contributed by atoms with van der Waals surface area (Å²) >= 11 is 5.89. The van der Waals surface area contributed by atoms with Crippen LogP contribution in [-0.4, -0.2) is 22.3 Å². The Morgan fingerprint density at radius 1 is 1.50 bits per heavy atom. The molecule has 22 heavy (non-hydrogen) atoms. The van der Waals surface area contributed by atoms with Crippen molar-refractivity contribution in [2.45, 2.75) is 38.3 Å². The second kappa shape index (κ2) is 6.10.